The Labute approximate surface area is 104 Å². The highest BCUT2D eigenvalue weighted by atomic mass is 32.2. The topological polar surface area (TPSA) is 74.7 Å². The number of hydrogen-bond acceptors (Lipinski definition) is 3. The minimum Gasteiger partial charge on any atom is -0.480 e. The highest BCUT2D eigenvalue weighted by Crippen LogP contribution is 2.15. The predicted octanol–water partition coefficient (Wildman–Crippen LogP) is 1.09. The van der Waals surface area contributed by atoms with Crippen molar-refractivity contribution in [1.82, 2.24) is 4.31 Å². The first kappa shape index (κ1) is 14.3. The summed E-state index contributed by atoms with van der Waals surface area (Å²) >= 11 is 0. The van der Waals surface area contributed by atoms with Crippen LogP contribution in [-0.2, 0) is 14.8 Å². The van der Waals surface area contributed by atoms with Crippen LogP contribution in [0.3, 0.4) is 0 Å². The summed E-state index contributed by atoms with van der Waals surface area (Å²) in [6, 6.07) is 4.17. The van der Waals surface area contributed by atoms with Crippen LogP contribution in [-0.4, -0.2) is 36.9 Å². The van der Waals surface area contributed by atoms with Crippen molar-refractivity contribution in [3.8, 4) is 0 Å². The highest BCUT2D eigenvalue weighted by Gasteiger charge is 2.25. The Balaban J connectivity index is 3.11. The van der Waals surface area contributed by atoms with Crippen molar-refractivity contribution in [3.05, 3.63) is 42.7 Å². The SMILES string of the molecule is C=CCN(CC(=O)O)S(=O)(=O)c1ccc(F)cc1. The summed E-state index contributed by atoms with van der Waals surface area (Å²) in [5.41, 5.74) is 0. The maximum Gasteiger partial charge on any atom is 0.318 e. The number of carboxylic acids is 1. The molecular formula is C11H12FNO4S. The maximum atomic E-state index is 12.7. The number of sulfonamides is 1. The standard InChI is InChI=1S/C11H12FNO4S/c1-2-7-13(8-11(14)15)18(16,17)10-5-3-9(12)4-6-10/h2-6H,1,7-8H2,(H,14,15). The second kappa shape index (κ2) is 5.74. The number of carbonyl (C=O) groups is 1. The molecule has 1 rings (SSSR count). The third-order valence-electron chi connectivity index (χ3n) is 2.10. The Kier molecular flexibility index (Phi) is 4.57. The second-order valence-electron chi connectivity index (χ2n) is 3.43. The van der Waals surface area contributed by atoms with Crippen molar-refractivity contribution < 1.29 is 22.7 Å². The van der Waals surface area contributed by atoms with Crippen LogP contribution in [0.2, 0.25) is 0 Å². The van der Waals surface area contributed by atoms with Crippen LogP contribution in [0.15, 0.2) is 41.8 Å². The molecule has 0 aliphatic carbocycles. The summed E-state index contributed by atoms with van der Waals surface area (Å²) < 4.78 is 37.6. The van der Waals surface area contributed by atoms with Crippen molar-refractivity contribution in [2.45, 2.75) is 4.90 Å². The lowest BCUT2D eigenvalue weighted by Crippen LogP contribution is -2.35. The van der Waals surface area contributed by atoms with E-state index < -0.39 is 28.4 Å². The summed E-state index contributed by atoms with van der Waals surface area (Å²) in [7, 11) is -3.96. The molecule has 0 unspecified atom stereocenters. The summed E-state index contributed by atoms with van der Waals surface area (Å²) in [6.45, 7) is 2.56. The molecular weight excluding hydrogens is 261 g/mol. The van der Waals surface area contributed by atoms with Crippen molar-refractivity contribution in [1.29, 1.82) is 0 Å². The molecule has 98 valence electrons. The molecule has 18 heavy (non-hydrogen) atoms. The van der Waals surface area contributed by atoms with E-state index in [1.54, 1.807) is 0 Å². The van der Waals surface area contributed by atoms with E-state index in [9.17, 15) is 17.6 Å². The first-order chi connectivity index (χ1) is 8.37. The molecule has 0 aliphatic heterocycles. The van der Waals surface area contributed by atoms with Crippen LogP contribution >= 0.6 is 0 Å². The Bertz CT molecular complexity index is 539. The Morgan fingerprint density at radius 1 is 1.39 bits per heavy atom. The summed E-state index contributed by atoms with van der Waals surface area (Å²) in [5, 5.41) is 8.66. The second-order valence-corrected chi connectivity index (χ2v) is 5.37. The molecule has 0 aromatic heterocycles. The number of hydrogen-bond donors (Lipinski definition) is 1. The number of halogens is 1. The molecule has 0 saturated carbocycles. The molecule has 0 heterocycles. The molecule has 5 nitrogen and oxygen atoms in total. The zero-order valence-electron chi connectivity index (χ0n) is 9.41. The smallest absolute Gasteiger partial charge is 0.318 e. The van der Waals surface area contributed by atoms with Gasteiger partial charge in [0, 0.05) is 6.54 Å². The van der Waals surface area contributed by atoms with E-state index >= 15 is 0 Å². The number of carboxylic acid groups (broad SMARTS) is 1. The molecule has 1 aromatic carbocycles. The molecule has 0 saturated heterocycles. The van der Waals surface area contributed by atoms with Gasteiger partial charge in [-0.2, -0.15) is 4.31 Å². The average Bonchev–Trinajstić information content (AvgIpc) is 2.28. The van der Waals surface area contributed by atoms with Gasteiger partial charge in [0.1, 0.15) is 12.4 Å². The number of rotatable bonds is 6. The molecule has 7 heteroatoms. The van der Waals surface area contributed by atoms with Gasteiger partial charge in [0.25, 0.3) is 0 Å². The van der Waals surface area contributed by atoms with Crippen LogP contribution in [0.25, 0.3) is 0 Å². The van der Waals surface area contributed by atoms with Gasteiger partial charge in [-0.05, 0) is 24.3 Å². The van der Waals surface area contributed by atoms with Gasteiger partial charge in [0.15, 0.2) is 0 Å². The van der Waals surface area contributed by atoms with Crippen LogP contribution in [0.4, 0.5) is 4.39 Å². The van der Waals surface area contributed by atoms with E-state index in [1.165, 1.54) is 6.08 Å². The van der Waals surface area contributed by atoms with Gasteiger partial charge < -0.3 is 5.11 Å². The Hall–Kier alpha value is -1.73. The lowest BCUT2D eigenvalue weighted by Gasteiger charge is -2.18. The van der Waals surface area contributed by atoms with E-state index in [2.05, 4.69) is 6.58 Å². The largest absolute Gasteiger partial charge is 0.480 e. The lowest BCUT2D eigenvalue weighted by atomic mass is 10.4. The van der Waals surface area contributed by atoms with E-state index in [4.69, 9.17) is 5.11 Å². The minimum absolute atomic E-state index is 0.133. The summed E-state index contributed by atoms with van der Waals surface area (Å²) in [6.07, 6.45) is 1.28. The lowest BCUT2D eigenvalue weighted by molar-refractivity contribution is -0.137. The number of nitrogens with zero attached hydrogens (tertiary/aromatic N) is 1. The monoisotopic (exact) mass is 273 g/mol. The average molecular weight is 273 g/mol. The fraction of sp³-hybridized carbons (Fsp3) is 0.182. The van der Waals surface area contributed by atoms with Gasteiger partial charge in [-0.25, -0.2) is 12.8 Å². The number of benzene rings is 1. The Morgan fingerprint density at radius 2 is 1.94 bits per heavy atom. The van der Waals surface area contributed by atoms with Gasteiger partial charge in [0.2, 0.25) is 10.0 Å². The zero-order chi connectivity index (χ0) is 13.8. The van der Waals surface area contributed by atoms with E-state index in [0.29, 0.717) is 0 Å². The quantitative estimate of drug-likeness (QED) is 0.787. The molecule has 0 atom stereocenters. The fourth-order valence-electron chi connectivity index (χ4n) is 1.30. The summed E-state index contributed by atoms with van der Waals surface area (Å²) in [5.74, 6) is -1.84. The predicted molar refractivity (Wildman–Crippen MR) is 63.0 cm³/mol. The molecule has 0 radical (unpaired) electrons. The Morgan fingerprint density at radius 3 is 2.39 bits per heavy atom. The van der Waals surface area contributed by atoms with Gasteiger partial charge in [-0.3, -0.25) is 4.79 Å². The van der Waals surface area contributed by atoms with Crippen molar-refractivity contribution >= 4 is 16.0 Å². The first-order valence-electron chi connectivity index (χ1n) is 4.96. The van der Waals surface area contributed by atoms with E-state index in [-0.39, 0.29) is 11.4 Å². The fourth-order valence-corrected chi connectivity index (χ4v) is 2.66. The van der Waals surface area contributed by atoms with Crippen molar-refractivity contribution in [3.63, 3.8) is 0 Å². The highest BCUT2D eigenvalue weighted by molar-refractivity contribution is 7.89. The maximum absolute atomic E-state index is 12.7. The molecule has 0 fully saturated rings. The summed E-state index contributed by atoms with van der Waals surface area (Å²) in [4.78, 5) is 10.5. The van der Waals surface area contributed by atoms with Crippen LogP contribution in [0.1, 0.15) is 0 Å². The van der Waals surface area contributed by atoms with Crippen molar-refractivity contribution in [2.75, 3.05) is 13.1 Å². The van der Waals surface area contributed by atoms with Crippen molar-refractivity contribution in [2.24, 2.45) is 0 Å². The normalized spacial score (nSPS) is 11.4. The first-order valence-corrected chi connectivity index (χ1v) is 6.40. The molecule has 1 aromatic rings. The third kappa shape index (κ3) is 3.38. The van der Waals surface area contributed by atoms with Crippen LogP contribution in [0.5, 0.6) is 0 Å². The van der Waals surface area contributed by atoms with E-state index in [0.717, 1.165) is 28.6 Å². The van der Waals surface area contributed by atoms with Gasteiger partial charge in [0.05, 0.1) is 4.90 Å². The van der Waals surface area contributed by atoms with Gasteiger partial charge >= 0.3 is 5.97 Å². The molecule has 0 bridgehead atoms. The van der Waals surface area contributed by atoms with E-state index in [1.807, 2.05) is 0 Å². The zero-order valence-corrected chi connectivity index (χ0v) is 10.2. The molecule has 0 amide bonds. The molecule has 0 spiro atoms. The molecule has 0 aliphatic rings. The van der Waals surface area contributed by atoms with Gasteiger partial charge in [-0.1, -0.05) is 6.08 Å². The molecule has 1 N–H and O–H groups in total. The minimum atomic E-state index is -3.96. The van der Waals surface area contributed by atoms with Crippen LogP contribution < -0.4 is 0 Å². The third-order valence-corrected chi connectivity index (χ3v) is 3.92. The van der Waals surface area contributed by atoms with Gasteiger partial charge in [-0.15, -0.1) is 6.58 Å². The number of aliphatic carboxylic acids is 1. The van der Waals surface area contributed by atoms with Crippen LogP contribution in [0, 0.1) is 5.82 Å².